The van der Waals surface area contributed by atoms with Crippen LogP contribution in [0.25, 0.3) is 0 Å². The number of hydrogen-bond acceptors (Lipinski definition) is 2. The highest BCUT2D eigenvalue weighted by molar-refractivity contribution is 9.10. The van der Waals surface area contributed by atoms with Gasteiger partial charge in [0.2, 0.25) is 5.91 Å². The van der Waals surface area contributed by atoms with E-state index in [4.69, 9.17) is 0 Å². The Morgan fingerprint density at radius 3 is 2.46 bits per heavy atom. The number of piperidine rings is 1. The minimum absolute atomic E-state index is 0.185. The van der Waals surface area contributed by atoms with Crippen LogP contribution in [0.15, 0.2) is 53.0 Å². The molecule has 0 bridgehead atoms. The molecule has 1 heterocycles. The molecule has 2 aromatic carbocycles. The van der Waals surface area contributed by atoms with E-state index in [2.05, 4.69) is 57.2 Å². The molecule has 3 rings (SSSR count). The van der Waals surface area contributed by atoms with Crippen LogP contribution in [0.3, 0.4) is 0 Å². The van der Waals surface area contributed by atoms with Crippen molar-refractivity contribution in [2.24, 2.45) is 0 Å². The van der Waals surface area contributed by atoms with Gasteiger partial charge in [-0.1, -0.05) is 40.2 Å². The molecule has 0 aliphatic carbocycles. The fraction of sp³-hybridized carbons (Fsp3) is 0.409. The van der Waals surface area contributed by atoms with Gasteiger partial charge >= 0.3 is 0 Å². The fourth-order valence-electron chi connectivity index (χ4n) is 3.46. The molecular formula is C22H27BrN2O. The Kier molecular flexibility index (Phi) is 6.73. The summed E-state index contributed by atoms with van der Waals surface area (Å²) in [5.74, 6) is 0.185. The Hall–Kier alpha value is -1.81. The maximum Gasteiger partial charge on any atom is 0.222 e. The summed E-state index contributed by atoms with van der Waals surface area (Å²) in [6, 6.07) is 16.9. The number of amides is 1. The summed E-state index contributed by atoms with van der Waals surface area (Å²) in [4.78, 5) is 16.7. The van der Waals surface area contributed by atoms with Crippen molar-refractivity contribution in [1.82, 2.24) is 4.90 Å². The third-order valence-electron chi connectivity index (χ3n) is 5.02. The molecule has 26 heavy (non-hydrogen) atoms. The second-order valence-corrected chi connectivity index (χ2v) is 8.01. The van der Waals surface area contributed by atoms with Gasteiger partial charge in [-0.3, -0.25) is 4.79 Å². The standard InChI is InChI=1S/C22H27BrN2O/c1-24(22(26)13-10-18-6-5-7-20(23)16-18)17-19-8-11-21(12-9-19)25-14-3-2-4-15-25/h5-9,11-12,16H,2-4,10,13-15,17H2,1H3. The van der Waals surface area contributed by atoms with E-state index in [1.165, 1.54) is 36.1 Å². The van der Waals surface area contributed by atoms with Crippen LogP contribution in [0.2, 0.25) is 0 Å². The Bertz CT molecular complexity index is 723. The van der Waals surface area contributed by atoms with E-state index < -0.39 is 0 Å². The molecule has 0 spiro atoms. The van der Waals surface area contributed by atoms with Gasteiger partial charge in [0, 0.05) is 43.3 Å². The fourth-order valence-corrected chi connectivity index (χ4v) is 3.91. The van der Waals surface area contributed by atoms with Gasteiger partial charge < -0.3 is 9.80 Å². The lowest BCUT2D eigenvalue weighted by Gasteiger charge is -2.29. The maximum absolute atomic E-state index is 12.4. The van der Waals surface area contributed by atoms with Crippen molar-refractivity contribution in [1.29, 1.82) is 0 Å². The van der Waals surface area contributed by atoms with Gasteiger partial charge in [0.1, 0.15) is 0 Å². The molecule has 1 amide bonds. The maximum atomic E-state index is 12.4. The lowest BCUT2D eigenvalue weighted by Crippen LogP contribution is -2.29. The van der Waals surface area contributed by atoms with E-state index in [1.807, 2.05) is 24.1 Å². The molecule has 1 saturated heterocycles. The van der Waals surface area contributed by atoms with Crippen molar-refractivity contribution in [3.05, 3.63) is 64.1 Å². The van der Waals surface area contributed by atoms with Gasteiger partial charge in [0.05, 0.1) is 0 Å². The van der Waals surface area contributed by atoms with Crippen molar-refractivity contribution >= 4 is 27.5 Å². The summed E-state index contributed by atoms with van der Waals surface area (Å²) in [7, 11) is 1.89. The molecule has 0 radical (unpaired) electrons. The zero-order valence-corrected chi connectivity index (χ0v) is 17.0. The van der Waals surface area contributed by atoms with Gasteiger partial charge in [-0.2, -0.15) is 0 Å². The number of nitrogens with zero attached hydrogens (tertiary/aromatic N) is 2. The second kappa shape index (κ2) is 9.22. The van der Waals surface area contributed by atoms with Crippen molar-refractivity contribution in [3.8, 4) is 0 Å². The summed E-state index contributed by atoms with van der Waals surface area (Å²) in [5, 5.41) is 0. The Labute approximate surface area is 165 Å². The van der Waals surface area contributed by atoms with Crippen molar-refractivity contribution in [2.45, 2.75) is 38.6 Å². The first-order chi connectivity index (χ1) is 12.6. The van der Waals surface area contributed by atoms with Gasteiger partial charge in [-0.25, -0.2) is 0 Å². The van der Waals surface area contributed by atoms with Crippen molar-refractivity contribution in [2.75, 3.05) is 25.0 Å². The molecule has 0 N–H and O–H groups in total. The first kappa shape index (κ1) is 19.0. The molecule has 138 valence electrons. The number of benzene rings is 2. The number of rotatable bonds is 6. The Balaban J connectivity index is 1.50. The predicted octanol–water partition coefficient (Wildman–Crippen LogP) is 5.03. The van der Waals surface area contributed by atoms with Crippen molar-refractivity contribution < 1.29 is 4.79 Å². The van der Waals surface area contributed by atoms with Crippen LogP contribution in [-0.4, -0.2) is 30.9 Å². The topological polar surface area (TPSA) is 23.6 Å². The van der Waals surface area contributed by atoms with Crippen LogP contribution < -0.4 is 4.90 Å². The minimum atomic E-state index is 0.185. The monoisotopic (exact) mass is 414 g/mol. The van der Waals surface area contributed by atoms with E-state index in [9.17, 15) is 4.79 Å². The quantitative estimate of drug-likeness (QED) is 0.661. The van der Waals surface area contributed by atoms with Crippen LogP contribution in [0, 0.1) is 0 Å². The molecular weight excluding hydrogens is 388 g/mol. The summed E-state index contributed by atoms with van der Waals surface area (Å²) >= 11 is 3.48. The molecule has 2 aromatic rings. The zero-order chi connectivity index (χ0) is 18.4. The molecule has 3 nitrogen and oxygen atoms in total. The first-order valence-electron chi connectivity index (χ1n) is 9.44. The highest BCUT2D eigenvalue weighted by atomic mass is 79.9. The summed E-state index contributed by atoms with van der Waals surface area (Å²) in [5.41, 5.74) is 3.67. The number of halogens is 1. The highest BCUT2D eigenvalue weighted by Crippen LogP contribution is 2.21. The van der Waals surface area contributed by atoms with E-state index in [0.29, 0.717) is 13.0 Å². The number of carbonyl (C=O) groups is 1. The molecule has 0 atom stereocenters. The average Bonchev–Trinajstić information content (AvgIpc) is 2.67. The van der Waals surface area contributed by atoms with Crippen molar-refractivity contribution in [3.63, 3.8) is 0 Å². The first-order valence-corrected chi connectivity index (χ1v) is 10.2. The van der Waals surface area contributed by atoms with Gasteiger partial charge in [0.15, 0.2) is 0 Å². The molecule has 1 fully saturated rings. The van der Waals surface area contributed by atoms with Crippen LogP contribution >= 0.6 is 15.9 Å². The number of carbonyl (C=O) groups excluding carboxylic acids is 1. The Morgan fingerprint density at radius 2 is 1.77 bits per heavy atom. The largest absolute Gasteiger partial charge is 0.372 e. The number of anilines is 1. The highest BCUT2D eigenvalue weighted by Gasteiger charge is 2.12. The van der Waals surface area contributed by atoms with Crippen LogP contribution in [0.4, 0.5) is 5.69 Å². The molecule has 0 saturated carbocycles. The van der Waals surface area contributed by atoms with Crippen LogP contribution in [0.5, 0.6) is 0 Å². The lowest BCUT2D eigenvalue weighted by atomic mass is 10.1. The zero-order valence-electron chi connectivity index (χ0n) is 15.5. The average molecular weight is 415 g/mol. The Morgan fingerprint density at radius 1 is 1.04 bits per heavy atom. The third-order valence-corrected chi connectivity index (χ3v) is 5.51. The normalized spacial score (nSPS) is 14.3. The SMILES string of the molecule is CN(Cc1ccc(N2CCCCC2)cc1)C(=O)CCc1cccc(Br)c1. The summed E-state index contributed by atoms with van der Waals surface area (Å²) in [6.07, 6.45) is 5.24. The van der Waals surface area contributed by atoms with E-state index in [-0.39, 0.29) is 5.91 Å². The van der Waals surface area contributed by atoms with Crippen LogP contribution in [0.1, 0.15) is 36.8 Å². The smallest absolute Gasteiger partial charge is 0.222 e. The number of aryl methyl sites for hydroxylation is 1. The second-order valence-electron chi connectivity index (χ2n) is 7.09. The lowest BCUT2D eigenvalue weighted by molar-refractivity contribution is -0.130. The predicted molar refractivity (Wildman–Crippen MR) is 111 cm³/mol. The van der Waals surface area contributed by atoms with Crippen LogP contribution in [-0.2, 0) is 17.8 Å². The van der Waals surface area contributed by atoms with E-state index >= 15 is 0 Å². The molecule has 0 unspecified atom stereocenters. The van der Waals surface area contributed by atoms with Gasteiger partial charge in [-0.15, -0.1) is 0 Å². The van der Waals surface area contributed by atoms with E-state index in [1.54, 1.807) is 0 Å². The third kappa shape index (κ3) is 5.34. The van der Waals surface area contributed by atoms with Gasteiger partial charge in [-0.05, 0) is 61.1 Å². The molecule has 1 aliphatic heterocycles. The minimum Gasteiger partial charge on any atom is -0.372 e. The van der Waals surface area contributed by atoms with E-state index in [0.717, 1.165) is 24.0 Å². The van der Waals surface area contributed by atoms with Gasteiger partial charge in [0.25, 0.3) is 0 Å². The molecule has 4 heteroatoms. The molecule has 0 aromatic heterocycles. The summed E-state index contributed by atoms with van der Waals surface area (Å²) in [6.45, 7) is 2.98. The molecule has 1 aliphatic rings. The summed E-state index contributed by atoms with van der Waals surface area (Å²) < 4.78 is 1.06. The number of hydrogen-bond donors (Lipinski definition) is 0.